The van der Waals surface area contributed by atoms with Crippen molar-refractivity contribution in [3.63, 3.8) is 0 Å². The smallest absolute Gasteiger partial charge is 0.228 e. The van der Waals surface area contributed by atoms with Crippen LogP contribution in [-0.2, 0) is 11.2 Å². The molecule has 0 radical (unpaired) electrons. The molecule has 0 fully saturated rings. The number of carbonyl (C=O) groups is 1. The minimum absolute atomic E-state index is 0.0572. The van der Waals surface area contributed by atoms with Gasteiger partial charge in [-0.2, -0.15) is 0 Å². The minimum Gasteiger partial charge on any atom is -0.490 e. The molecule has 0 spiro atoms. The van der Waals surface area contributed by atoms with Crippen LogP contribution in [0.1, 0.15) is 12.0 Å². The Morgan fingerprint density at radius 1 is 1.08 bits per heavy atom. The van der Waals surface area contributed by atoms with Crippen LogP contribution >= 0.6 is 0 Å². The summed E-state index contributed by atoms with van der Waals surface area (Å²) in [6, 6.07) is 13.4. The van der Waals surface area contributed by atoms with Gasteiger partial charge >= 0.3 is 0 Å². The van der Waals surface area contributed by atoms with E-state index in [1.807, 2.05) is 48.7 Å². The van der Waals surface area contributed by atoms with Crippen molar-refractivity contribution in [1.82, 2.24) is 4.98 Å². The molecule has 1 amide bonds. The number of anilines is 1. The largest absolute Gasteiger partial charge is 0.490 e. The number of H-pyrrole nitrogens is 1. The van der Waals surface area contributed by atoms with Crippen LogP contribution in [0.25, 0.3) is 10.9 Å². The summed E-state index contributed by atoms with van der Waals surface area (Å²) in [5.41, 5.74) is 2.72. The summed E-state index contributed by atoms with van der Waals surface area (Å²) in [4.78, 5) is 15.5. The Labute approximate surface area is 139 Å². The highest BCUT2D eigenvalue weighted by atomic mass is 16.5. The van der Waals surface area contributed by atoms with Gasteiger partial charge in [-0.15, -0.1) is 0 Å². The minimum atomic E-state index is -0.0572. The molecule has 24 heavy (non-hydrogen) atoms. The van der Waals surface area contributed by atoms with E-state index in [4.69, 9.17) is 9.47 Å². The third-order valence-electron chi connectivity index (χ3n) is 4.05. The topological polar surface area (TPSA) is 63.4 Å². The predicted octanol–water partition coefficient (Wildman–Crippen LogP) is 3.51. The zero-order valence-corrected chi connectivity index (χ0v) is 13.2. The normalized spacial score (nSPS) is 13.5. The maximum absolute atomic E-state index is 12.4. The zero-order valence-electron chi connectivity index (χ0n) is 13.2. The van der Waals surface area contributed by atoms with E-state index < -0.39 is 0 Å². The summed E-state index contributed by atoms with van der Waals surface area (Å²) >= 11 is 0. The molecule has 3 aromatic rings. The van der Waals surface area contributed by atoms with E-state index in [0.29, 0.717) is 19.0 Å². The van der Waals surface area contributed by atoms with Gasteiger partial charge in [0.15, 0.2) is 11.5 Å². The summed E-state index contributed by atoms with van der Waals surface area (Å²) < 4.78 is 11.3. The second kappa shape index (κ2) is 6.28. The van der Waals surface area contributed by atoms with Gasteiger partial charge in [0.1, 0.15) is 0 Å². The van der Waals surface area contributed by atoms with E-state index in [1.54, 1.807) is 0 Å². The quantitative estimate of drug-likeness (QED) is 0.775. The summed E-state index contributed by atoms with van der Waals surface area (Å²) in [5.74, 6) is 1.40. The average molecular weight is 322 g/mol. The molecule has 1 aliphatic heterocycles. The maximum Gasteiger partial charge on any atom is 0.228 e. The Balaban J connectivity index is 1.50. The first-order valence-electron chi connectivity index (χ1n) is 8.04. The first-order chi connectivity index (χ1) is 11.8. The molecule has 0 atom stereocenters. The summed E-state index contributed by atoms with van der Waals surface area (Å²) in [7, 11) is 0. The summed E-state index contributed by atoms with van der Waals surface area (Å²) in [6.07, 6.45) is 3.02. The Bertz CT molecular complexity index is 885. The monoisotopic (exact) mass is 322 g/mol. The molecule has 5 heteroatoms. The van der Waals surface area contributed by atoms with Crippen molar-refractivity contribution in [3.05, 3.63) is 54.2 Å². The number of carbonyl (C=O) groups excluding carboxylic acids is 1. The van der Waals surface area contributed by atoms with E-state index in [2.05, 4.69) is 10.3 Å². The van der Waals surface area contributed by atoms with Gasteiger partial charge in [-0.1, -0.05) is 12.1 Å². The lowest BCUT2D eigenvalue weighted by molar-refractivity contribution is -0.115. The lowest BCUT2D eigenvalue weighted by atomic mass is 10.1. The first kappa shape index (κ1) is 14.6. The van der Waals surface area contributed by atoms with Gasteiger partial charge < -0.3 is 19.8 Å². The third kappa shape index (κ3) is 2.93. The number of hydrogen-bond donors (Lipinski definition) is 2. The number of aromatic amines is 1. The Hall–Kier alpha value is -2.95. The van der Waals surface area contributed by atoms with Gasteiger partial charge in [0.2, 0.25) is 5.91 Å². The first-order valence-corrected chi connectivity index (χ1v) is 8.04. The molecule has 122 valence electrons. The fraction of sp³-hybridized carbons (Fsp3) is 0.211. The molecule has 1 aromatic heterocycles. The van der Waals surface area contributed by atoms with E-state index in [0.717, 1.165) is 34.3 Å². The van der Waals surface area contributed by atoms with Crippen LogP contribution in [0.2, 0.25) is 0 Å². The standard InChI is InChI=1S/C19H18N2O3/c22-19(21-16-4-1-3-15-14(16)7-8-20-15)12-13-5-6-17-18(11-13)24-10-2-9-23-17/h1,3-8,11,20H,2,9-10,12H2,(H,21,22). The fourth-order valence-corrected chi connectivity index (χ4v) is 2.89. The highest BCUT2D eigenvalue weighted by molar-refractivity contribution is 6.01. The molecule has 2 N–H and O–H groups in total. The Kier molecular flexibility index (Phi) is 3.83. The second-order valence-electron chi connectivity index (χ2n) is 5.80. The van der Waals surface area contributed by atoms with Crippen LogP contribution in [0.4, 0.5) is 5.69 Å². The van der Waals surface area contributed by atoms with Crippen molar-refractivity contribution in [2.24, 2.45) is 0 Å². The number of amides is 1. The SMILES string of the molecule is O=C(Cc1ccc2c(c1)OCCCO2)Nc1cccc2[nH]ccc12. The van der Waals surface area contributed by atoms with Crippen molar-refractivity contribution in [2.45, 2.75) is 12.8 Å². The molecular weight excluding hydrogens is 304 g/mol. The van der Waals surface area contributed by atoms with Crippen molar-refractivity contribution < 1.29 is 14.3 Å². The number of fused-ring (bicyclic) bond motifs is 2. The van der Waals surface area contributed by atoms with E-state index >= 15 is 0 Å². The summed E-state index contributed by atoms with van der Waals surface area (Å²) in [6.45, 7) is 1.30. The molecule has 0 unspecified atom stereocenters. The molecule has 2 aromatic carbocycles. The maximum atomic E-state index is 12.4. The molecule has 5 nitrogen and oxygen atoms in total. The second-order valence-corrected chi connectivity index (χ2v) is 5.80. The van der Waals surface area contributed by atoms with Crippen molar-refractivity contribution >= 4 is 22.5 Å². The Morgan fingerprint density at radius 2 is 1.96 bits per heavy atom. The fourth-order valence-electron chi connectivity index (χ4n) is 2.89. The van der Waals surface area contributed by atoms with Crippen LogP contribution in [0.15, 0.2) is 48.7 Å². The van der Waals surface area contributed by atoms with Crippen molar-refractivity contribution in [1.29, 1.82) is 0 Å². The van der Waals surface area contributed by atoms with Gasteiger partial charge in [0.05, 0.1) is 25.3 Å². The number of rotatable bonds is 3. The van der Waals surface area contributed by atoms with Crippen LogP contribution in [0.5, 0.6) is 11.5 Å². The van der Waals surface area contributed by atoms with Crippen molar-refractivity contribution in [3.8, 4) is 11.5 Å². The average Bonchev–Trinajstić information content (AvgIpc) is 2.94. The number of ether oxygens (including phenoxy) is 2. The van der Waals surface area contributed by atoms with Gasteiger partial charge in [-0.25, -0.2) is 0 Å². The highest BCUT2D eigenvalue weighted by Gasteiger charge is 2.13. The van der Waals surface area contributed by atoms with Gasteiger partial charge in [0.25, 0.3) is 0 Å². The van der Waals surface area contributed by atoms with Crippen LogP contribution in [0, 0.1) is 0 Å². The number of aromatic nitrogens is 1. The molecule has 0 saturated carbocycles. The van der Waals surface area contributed by atoms with E-state index in [1.165, 1.54) is 0 Å². The zero-order chi connectivity index (χ0) is 16.4. The molecule has 1 aliphatic rings. The molecule has 4 rings (SSSR count). The van der Waals surface area contributed by atoms with Crippen molar-refractivity contribution in [2.75, 3.05) is 18.5 Å². The van der Waals surface area contributed by atoms with Gasteiger partial charge in [-0.3, -0.25) is 4.79 Å². The van der Waals surface area contributed by atoms with Gasteiger partial charge in [-0.05, 0) is 35.9 Å². The number of benzene rings is 2. The van der Waals surface area contributed by atoms with Gasteiger partial charge in [0, 0.05) is 23.5 Å². The summed E-state index contributed by atoms with van der Waals surface area (Å²) in [5, 5.41) is 3.99. The predicted molar refractivity (Wildman–Crippen MR) is 92.7 cm³/mol. The number of nitrogens with one attached hydrogen (secondary N) is 2. The van der Waals surface area contributed by atoms with Crippen LogP contribution < -0.4 is 14.8 Å². The Morgan fingerprint density at radius 3 is 2.88 bits per heavy atom. The highest BCUT2D eigenvalue weighted by Crippen LogP contribution is 2.30. The molecule has 0 aliphatic carbocycles. The molecular formula is C19H18N2O3. The molecule has 0 bridgehead atoms. The molecule has 0 saturated heterocycles. The van der Waals surface area contributed by atoms with Crippen LogP contribution in [-0.4, -0.2) is 24.1 Å². The lowest BCUT2D eigenvalue weighted by Gasteiger charge is -2.10. The lowest BCUT2D eigenvalue weighted by Crippen LogP contribution is -2.14. The van der Waals surface area contributed by atoms with E-state index in [9.17, 15) is 4.79 Å². The number of hydrogen-bond acceptors (Lipinski definition) is 3. The third-order valence-corrected chi connectivity index (χ3v) is 4.05. The molecule has 2 heterocycles. The van der Waals surface area contributed by atoms with E-state index in [-0.39, 0.29) is 12.3 Å². The van der Waals surface area contributed by atoms with Crippen LogP contribution in [0.3, 0.4) is 0 Å².